The van der Waals surface area contributed by atoms with Crippen LogP contribution in [0.2, 0.25) is 0 Å². The van der Waals surface area contributed by atoms with Crippen molar-refractivity contribution >= 4 is 33.7 Å². The second-order valence-corrected chi connectivity index (χ2v) is 5.40. The summed E-state index contributed by atoms with van der Waals surface area (Å²) < 4.78 is 11.4. The first-order chi connectivity index (χ1) is 10.6. The summed E-state index contributed by atoms with van der Waals surface area (Å²) in [6.07, 6.45) is 1.53. The number of halogens is 1. The van der Waals surface area contributed by atoms with Gasteiger partial charge in [0.1, 0.15) is 0 Å². The number of benzene rings is 2. The predicted octanol–water partition coefficient (Wildman–Crippen LogP) is 2.52. The standard InChI is InChI=1S/C15H12BrN3O3/c16-12-6-14-13(21-8-22-14)5-10(12)7-18-19-15(20)9-1-3-11(17)4-2-9/h1-7H,8,17H2,(H,19,20)/b18-7+. The van der Waals surface area contributed by atoms with E-state index in [2.05, 4.69) is 26.5 Å². The maximum absolute atomic E-state index is 11.9. The van der Waals surface area contributed by atoms with Crippen molar-refractivity contribution in [2.45, 2.75) is 0 Å². The molecule has 0 aromatic heterocycles. The van der Waals surface area contributed by atoms with Gasteiger partial charge in [0.25, 0.3) is 5.91 Å². The third-order valence-corrected chi connectivity index (χ3v) is 3.72. The lowest BCUT2D eigenvalue weighted by Gasteiger charge is -2.02. The Labute approximate surface area is 135 Å². The van der Waals surface area contributed by atoms with Gasteiger partial charge in [0.2, 0.25) is 6.79 Å². The van der Waals surface area contributed by atoms with Gasteiger partial charge in [-0.15, -0.1) is 0 Å². The molecule has 3 N–H and O–H groups in total. The Bertz CT molecular complexity index is 744. The molecule has 0 atom stereocenters. The molecule has 0 aliphatic carbocycles. The Morgan fingerprint density at radius 3 is 2.64 bits per heavy atom. The first-order valence-corrected chi connectivity index (χ1v) is 7.21. The second kappa shape index (κ2) is 6.07. The molecular formula is C15H12BrN3O3. The molecule has 2 aromatic rings. The molecule has 22 heavy (non-hydrogen) atoms. The maximum Gasteiger partial charge on any atom is 0.271 e. The summed E-state index contributed by atoms with van der Waals surface area (Å²) in [4.78, 5) is 11.9. The fraction of sp³-hybridized carbons (Fsp3) is 0.0667. The molecule has 0 fully saturated rings. The fourth-order valence-electron chi connectivity index (χ4n) is 1.89. The molecule has 0 unspecified atom stereocenters. The van der Waals surface area contributed by atoms with Gasteiger partial charge in [-0.05, 0) is 52.3 Å². The van der Waals surface area contributed by atoms with Crippen LogP contribution in [0.4, 0.5) is 5.69 Å². The Morgan fingerprint density at radius 2 is 1.91 bits per heavy atom. The Balaban J connectivity index is 1.70. The number of amides is 1. The van der Waals surface area contributed by atoms with Crippen LogP contribution in [0.1, 0.15) is 15.9 Å². The van der Waals surface area contributed by atoms with Gasteiger partial charge in [0.15, 0.2) is 11.5 Å². The predicted molar refractivity (Wildman–Crippen MR) is 86.2 cm³/mol. The minimum Gasteiger partial charge on any atom is -0.454 e. The average Bonchev–Trinajstić information content (AvgIpc) is 2.95. The van der Waals surface area contributed by atoms with Crippen LogP contribution in [0, 0.1) is 0 Å². The van der Waals surface area contributed by atoms with E-state index in [4.69, 9.17) is 15.2 Å². The second-order valence-electron chi connectivity index (χ2n) is 4.55. The number of nitrogen functional groups attached to an aromatic ring is 1. The van der Waals surface area contributed by atoms with E-state index in [1.165, 1.54) is 6.21 Å². The van der Waals surface area contributed by atoms with E-state index < -0.39 is 0 Å². The van der Waals surface area contributed by atoms with Gasteiger partial charge in [0, 0.05) is 21.3 Å². The van der Waals surface area contributed by atoms with Crippen LogP contribution in [-0.4, -0.2) is 18.9 Å². The Hall–Kier alpha value is -2.54. The van der Waals surface area contributed by atoms with Crippen LogP contribution in [0.15, 0.2) is 46.0 Å². The number of nitrogens with one attached hydrogen (secondary N) is 1. The molecule has 0 saturated heterocycles. The molecule has 112 valence electrons. The van der Waals surface area contributed by atoms with Crippen LogP contribution >= 0.6 is 15.9 Å². The van der Waals surface area contributed by atoms with Crippen LogP contribution in [0.5, 0.6) is 11.5 Å². The summed E-state index contributed by atoms with van der Waals surface area (Å²) in [6, 6.07) is 10.2. The molecule has 0 radical (unpaired) electrons. The van der Waals surface area contributed by atoms with E-state index in [0.29, 0.717) is 22.7 Å². The number of carbonyl (C=O) groups is 1. The van der Waals surface area contributed by atoms with Gasteiger partial charge < -0.3 is 15.2 Å². The van der Waals surface area contributed by atoms with Gasteiger partial charge in [-0.2, -0.15) is 5.10 Å². The van der Waals surface area contributed by atoms with Gasteiger partial charge in [-0.3, -0.25) is 4.79 Å². The van der Waals surface area contributed by atoms with Gasteiger partial charge in [-0.25, -0.2) is 5.43 Å². The van der Waals surface area contributed by atoms with Gasteiger partial charge in [-0.1, -0.05) is 0 Å². The highest BCUT2D eigenvalue weighted by atomic mass is 79.9. The lowest BCUT2D eigenvalue weighted by Crippen LogP contribution is -2.17. The SMILES string of the molecule is Nc1ccc(C(=O)N/N=C/c2cc3c(cc2Br)OCO3)cc1. The van der Waals surface area contributed by atoms with E-state index in [0.717, 1.165) is 10.0 Å². The lowest BCUT2D eigenvalue weighted by atomic mass is 10.2. The molecule has 6 nitrogen and oxygen atoms in total. The third-order valence-electron chi connectivity index (χ3n) is 3.03. The summed E-state index contributed by atoms with van der Waals surface area (Å²) in [5.74, 6) is 1.01. The van der Waals surface area contributed by atoms with Crippen molar-refractivity contribution in [2.75, 3.05) is 12.5 Å². The van der Waals surface area contributed by atoms with Crippen molar-refractivity contribution in [3.8, 4) is 11.5 Å². The normalized spacial score (nSPS) is 12.6. The quantitative estimate of drug-likeness (QED) is 0.499. The van der Waals surface area contributed by atoms with Crippen molar-refractivity contribution in [2.24, 2.45) is 5.10 Å². The van der Waals surface area contributed by atoms with E-state index in [-0.39, 0.29) is 12.7 Å². The molecule has 0 saturated carbocycles. The molecule has 2 aromatic carbocycles. The zero-order valence-electron chi connectivity index (χ0n) is 11.4. The van der Waals surface area contributed by atoms with Crippen molar-refractivity contribution in [1.82, 2.24) is 5.43 Å². The minimum absolute atomic E-state index is 0.205. The number of ether oxygens (including phenoxy) is 2. The van der Waals surface area contributed by atoms with Crippen LogP contribution < -0.4 is 20.6 Å². The summed E-state index contributed by atoms with van der Waals surface area (Å²) in [5, 5.41) is 3.94. The highest BCUT2D eigenvalue weighted by Crippen LogP contribution is 2.36. The molecule has 1 aliphatic heterocycles. The van der Waals surface area contributed by atoms with Crippen molar-refractivity contribution in [3.05, 3.63) is 52.0 Å². The summed E-state index contributed by atoms with van der Waals surface area (Å²) in [5.41, 5.74) is 9.88. The zero-order valence-corrected chi connectivity index (χ0v) is 13.0. The fourth-order valence-corrected chi connectivity index (χ4v) is 2.32. The lowest BCUT2D eigenvalue weighted by molar-refractivity contribution is 0.0955. The molecular weight excluding hydrogens is 350 g/mol. The van der Waals surface area contributed by atoms with Crippen LogP contribution in [0.25, 0.3) is 0 Å². The van der Waals surface area contributed by atoms with Gasteiger partial charge in [0.05, 0.1) is 6.21 Å². The number of hydrogen-bond acceptors (Lipinski definition) is 5. The monoisotopic (exact) mass is 361 g/mol. The number of hydrazone groups is 1. The van der Waals surface area contributed by atoms with E-state index >= 15 is 0 Å². The molecule has 0 bridgehead atoms. The van der Waals surface area contributed by atoms with E-state index in [9.17, 15) is 4.79 Å². The molecule has 1 heterocycles. The first kappa shape index (κ1) is 14.4. The maximum atomic E-state index is 11.9. The Morgan fingerprint density at radius 1 is 1.23 bits per heavy atom. The number of nitrogens with zero attached hydrogens (tertiary/aromatic N) is 1. The topological polar surface area (TPSA) is 85.9 Å². The summed E-state index contributed by atoms with van der Waals surface area (Å²) in [6.45, 7) is 0.205. The van der Waals surface area contributed by atoms with Crippen LogP contribution in [0.3, 0.4) is 0 Å². The molecule has 1 aliphatic rings. The number of hydrogen-bond donors (Lipinski definition) is 2. The number of nitrogens with two attached hydrogens (primary N) is 1. The number of anilines is 1. The smallest absolute Gasteiger partial charge is 0.271 e. The number of fused-ring (bicyclic) bond motifs is 1. The first-order valence-electron chi connectivity index (χ1n) is 6.41. The molecule has 3 rings (SSSR count). The van der Waals surface area contributed by atoms with Crippen molar-refractivity contribution < 1.29 is 14.3 Å². The average molecular weight is 362 g/mol. The minimum atomic E-state index is -0.312. The summed E-state index contributed by atoms with van der Waals surface area (Å²) in [7, 11) is 0. The molecule has 7 heteroatoms. The van der Waals surface area contributed by atoms with Crippen molar-refractivity contribution in [1.29, 1.82) is 0 Å². The number of carbonyl (C=O) groups excluding carboxylic acids is 1. The Kier molecular flexibility index (Phi) is 3.97. The highest BCUT2D eigenvalue weighted by Gasteiger charge is 2.15. The molecule has 1 amide bonds. The third kappa shape index (κ3) is 3.04. The number of rotatable bonds is 3. The van der Waals surface area contributed by atoms with Crippen LogP contribution in [-0.2, 0) is 0 Å². The highest BCUT2D eigenvalue weighted by molar-refractivity contribution is 9.10. The largest absolute Gasteiger partial charge is 0.454 e. The van der Waals surface area contributed by atoms with Crippen molar-refractivity contribution in [3.63, 3.8) is 0 Å². The van der Waals surface area contributed by atoms with Gasteiger partial charge >= 0.3 is 0 Å². The van der Waals surface area contributed by atoms with E-state index in [1.54, 1.807) is 36.4 Å². The molecule has 0 spiro atoms. The summed E-state index contributed by atoms with van der Waals surface area (Å²) >= 11 is 3.42. The zero-order chi connectivity index (χ0) is 15.5. The van der Waals surface area contributed by atoms with E-state index in [1.807, 2.05) is 0 Å².